The zero-order valence-corrected chi connectivity index (χ0v) is 15.0. The summed E-state index contributed by atoms with van der Waals surface area (Å²) in [4.78, 5) is 0.0581. The minimum absolute atomic E-state index is 0.0581. The molecule has 0 aliphatic rings. The molecule has 3 aromatic rings. The molecule has 5 nitrogen and oxygen atoms in total. The predicted molar refractivity (Wildman–Crippen MR) is 98.0 cm³/mol. The predicted octanol–water partition coefficient (Wildman–Crippen LogP) is 4.04. The molecule has 0 heterocycles. The molecule has 0 atom stereocenters. The van der Waals surface area contributed by atoms with E-state index in [4.69, 9.17) is 13.7 Å². The third kappa shape index (κ3) is 4.55. The molecule has 0 bridgehead atoms. The topological polar surface area (TPSA) is 61.8 Å². The van der Waals surface area contributed by atoms with Crippen molar-refractivity contribution in [1.29, 1.82) is 0 Å². The van der Waals surface area contributed by atoms with Crippen LogP contribution >= 0.6 is 0 Å². The summed E-state index contributed by atoms with van der Waals surface area (Å²) in [5, 5.41) is 0. The van der Waals surface area contributed by atoms with Gasteiger partial charge in [0.1, 0.15) is 28.8 Å². The molecule has 0 saturated carbocycles. The second kappa shape index (κ2) is 7.93. The minimum atomic E-state index is -3.90. The largest absolute Gasteiger partial charge is 0.497 e. The summed E-state index contributed by atoms with van der Waals surface area (Å²) >= 11 is 0. The monoisotopic (exact) mass is 370 g/mol. The summed E-state index contributed by atoms with van der Waals surface area (Å²) in [5.74, 6) is 1.42. The quantitative estimate of drug-likeness (QED) is 0.587. The Bertz CT molecular complexity index is 934. The van der Waals surface area contributed by atoms with Crippen LogP contribution in [0.5, 0.6) is 17.2 Å². The van der Waals surface area contributed by atoms with Gasteiger partial charge in [-0.2, -0.15) is 8.42 Å². The van der Waals surface area contributed by atoms with Crippen LogP contribution in [0.25, 0.3) is 0 Å². The van der Waals surface area contributed by atoms with Crippen molar-refractivity contribution < 1.29 is 22.1 Å². The van der Waals surface area contributed by atoms with E-state index >= 15 is 0 Å². The lowest BCUT2D eigenvalue weighted by atomic mass is 10.2. The molecule has 0 aliphatic carbocycles. The van der Waals surface area contributed by atoms with E-state index in [9.17, 15) is 8.42 Å². The van der Waals surface area contributed by atoms with Crippen molar-refractivity contribution in [2.45, 2.75) is 11.5 Å². The van der Waals surface area contributed by atoms with E-state index < -0.39 is 10.1 Å². The lowest BCUT2D eigenvalue weighted by Crippen LogP contribution is -2.09. The number of hydrogen-bond donors (Lipinski definition) is 0. The van der Waals surface area contributed by atoms with Crippen LogP contribution in [0.2, 0.25) is 0 Å². The molecule has 0 aromatic heterocycles. The Morgan fingerprint density at radius 1 is 0.731 bits per heavy atom. The Labute approximate surface area is 152 Å². The fraction of sp³-hybridized carbons (Fsp3) is 0.100. The van der Waals surface area contributed by atoms with Crippen molar-refractivity contribution in [2.75, 3.05) is 7.11 Å². The van der Waals surface area contributed by atoms with E-state index in [-0.39, 0.29) is 10.6 Å². The molecule has 3 aromatic carbocycles. The van der Waals surface area contributed by atoms with Gasteiger partial charge in [0.25, 0.3) is 0 Å². The molecular formula is C20H18O5S. The van der Waals surface area contributed by atoms with E-state index in [0.717, 1.165) is 5.56 Å². The van der Waals surface area contributed by atoms with Gasteiger partial charge >= 0.3 is 10.1 Å². The van der Waals surface area contributed by atoms with Crippen molar-refractivity contribution in [2.24, 2.45) is 0 Å². The number of methoxy groups -OCH3 is 1. The van der Waals surface area contributed by atoms with Crippen LogP contribution < -0.4 is 13.7 Å². The number of benzene rings is 3. The van der Waals surface area contributed by atoms with Crippen molar-refractivity contribution in [1.82, 2.24) is 0 Å². The molecule has 0 fully saturated rings. The lowest BCUT2D eigenvalue weighted by Gasteiger charge is -2.09. The van der Waals surface area contributed by atoms with Gasteiger partial charge in [-0.05, 0) is 54.1 Å². The zero-order valence-electron chi connectivity index (χ0n) is 14.2. The maximum atomic E-state index is 12.3. The Kier molecular flexibility index (Phi) is 5.43. The summed E-state index contributed by atoms with van der Waals surface area (Å²) in [6.45, 7) is 0.436. The standard InChI is InChI=1S/C20H18O5S/c1-23-17-11-13-20(14-12-17)26(21,22)25-19-9-7-18(8-10-19)24-15-16-5-3-2-4-6-16/h2-14H,15H2,1H3. The molecule has 0 amide bonds. The maximum absolute atomic E-state index is 12.3. The van der Waals surface area contributed by atoms with Crippen LogP contribution in [0.15, 0.2) is 83.8 Å². The van der Waals surface area contributed by atoms with Gasteiger partial charge in [0.15, 0.2) is 0 Å². The molecule has 3 rings (SSSR count). The summed E-state index contributed by atoms with van der Waals surface area (Å²) in [7, 11) is -2.39. The maximum Gasteiger partial charge on any atom is 0.339 e. The molecule has 0 spiro atoms. The highest BCUT2D eigenvalue weighted by Crippen LogP contribution is 2.23. The van der Waals surface area contributed by atoms with Gasteiger partial charge < -0.3 is 13.7 Å². The molecular weight excluding hydrogens is 352 g/mol. The van der Waals surface area contributed by atoms with Crippen molar-refractivity contribution >= 4 is 10.1 Å². The fourth-order valence-electron chi connectivity index (χ4n) is 2.25. The van der Waals surface area contributed by atoms with Crippen LogP contribution in [0, 0.1) is 0 Å². The van der Waals surface area contributed by atoms with E-state index in [0.29, 0.717) is 18.1 Å². The van der Waals surface area contributed by atoms with Crippen LogP contribution in [0.1, 0.15) is 5.56 Å². The van der Waals surface area contributed by atoms with E-state index in [1.165, 1.54) is 19.2 Å². The van der Waals surface area contributed by atoms with Gasteiger partial charge in [-0.15, -0.1) is 0 Å². The van der Waals surface area contributed by atoms with Crippen LogP contribution in [0.4, 0.5) is 0 Å². The molecule has 0 radical (unpaired) electrons. The molecule has 0 saturated heterocycles. The van der Waals surface area contributed by atoms with Crippen LogP contribution in [-0.4, -0.2) is 15.5 Å². The number of rotatable bonds is 7. The second-order valence-electron chi connectivity index (χ2n) is 5.46. The van der Waals surface area contributed by atoms with Gasteiger partial charge in [-0.3, -0.25) is 0 Å². The summed E-state index contributed by atoms with van der Waals surface area (Å²) in [5.41, 5.74) is 1.05. The van der Waals surface area contributed by atoms with Gasteiger partial charge in [-0.25, -0.2) is 0 Å². The van der Waals surface area contributed by atoms with Crippen molar-refractivity contribution in [3.8, 4) is 17.2 Å². The highest BCUT2D eigenvalue weighted by Gasteiger charge is 2.16. The molecule has 6 heteroatoms. The van der Waals surface area contributed by atoms with Crippen molar-refractivity contribution in [3.05, 3.63) is 84.4 Å². The first-order valence-electron chi connectivity index (χ1n) is 7.92. The first-order valence-corrected chi connectivity index (χ1v) is 9.33. The minimum Gasteiger partial charge on any atom is -0.497 e. The lowest BCUT2D eigenvalue weighted by molar-refractivity contribution is 0.306. The van der Waals surface area contributed by atoms with Crippen LogP contribution in [0.3, 0.4) is 0 Å². The van der Waals surface area contributed by atoms with Gasteiger partial charge in [-0.1, -0.05) is 30.3 Å². The van der Waals surface area contributed by atoms with E-state index in [2.05, 4.69) is 0 Å². The molecule has 0 N–H and O–H groups in total. The number of hydrogen-bond acceptors (Lipinski definition) is 5. The Morgan fingerprint density at radius 2 is 1.31 bits per heavy atom. The Balaban J connectivity index is 1.64. The van der Waals surface area contributed by atoms with Gasteiger partial charge in [0.05, 0.1) is 7.11 Å². The third-order valence-electron chi connectivity index (χ3n) is 3.63. The van der Waals surface area contributed by atoms with Gasteiger partial charge in [0.2, 0.25) is 0 Å². The smallest absolute Gasteiger partial charge is 0.339 e. The summed E-state index contributed by atoms with van der Waals surface area (Å²) < 4.78 is 40.4. The average Bonchev–Trinajstić information content (AvgIpc) is 2.68. The molecule has 0 unspecified atom stereocenters. The highest BCUT2D eigenvalue weighted by atomic mass is 32.2. The second-order valence-corrected chi connectivity index (χ2v) is 7.00. The Morgan fingerprint density at radius 3 is 1.92 bits per heavy atom. The SMILES string of the molecule is COc1ccc(S(=O)(=O)Oc2ccc(OCc3ccccc3)cc2)cc1. The summed E-state index contributed by atoms with van der Waals surface area (Å²) in [6.07, 6.45) is 0. The molecule has 134 valence electrons. The van der Waals surface area contributed by atoms with Crippen molar-refractivity contribution in [3.63, 3.8) is 0 Å². The third-order valence-corrected chi connectivity index (χ3v) is 4.89. The summed E-state index contributed by atoms with van der Waals surface area (Å²) in [6, 6.07) is 22.2. The van der Waals surface area contributed by atoms with Gasteiger partial charge in [0, 0.05) is 0 Å². The fourth-order valence-corrected chi connectivity index (χ4v) is 3.18. The van der Waals surface area contributed by atoms with E-state index in [1.54, 1.807) is 36.4 Å². The average molecular weight is 370 g/mol. The van der Waals surface area contributed by atoms with E-state index in [1.807, 2.05) is 30.3 Å². The van der Waals surface area contributed by atoms with Crippen LogP contribution in [-0.2, 0) is 16.7 Å². The molecule has 0 aliphatic heterocycles. The first-order chi connectivity index (χ1) is 12.6. The normalized spacial score (nSPS) is 11.0. The highest BCUT2D eigenvalue weighted by molar-refractivity contribution is 7.87. The Hall–Kier alpha value is -2.99. The zero-order chi connectivity index (χ0) is 18.4. The molecule has 26 heavy (non-hydrogen) atoms. The number of ether oxygens (including phenoxy) is 2. The first kappa shape index (κ1) is 17.8.